The van der Waals surface area contributed by atoms with E-state index < -0.39 is 5.97 Å². The van der Waals surface area contributed by atoms with Gasteiger partial charge in [-0.3, -0.25) is 0 Å². The summed E-state index contributed by atoms with van der Waals surface area (Å²) in [6.07, 6.45) is 1.52. The Bertz CT molecular complexity index is 480. The average molecular weight is 271 g/mol. The minimum atomic E-state index is -0.973. The first-order chi connectivity index (χ1) is 8.49. The van der Waals surface area contributed by atoms with Crippen LogP contribution in [0.15, 0.2) is 17.7 Å². The van der Waals surface area contributed by atoms with E-state index in [2.05, 4.69) is 0 Å². The molecule has 0 spiro atoms. The Kier molecular flexibility index (Phi) is 5.04. The van der Waals surface area contributed by atoms with Gasteiger partial charge in [-0.2, -0.15) is 0 Å². The maximum atomic E-state index is 10.8. The highest BCUT2D eigenvalue weighted by atomic mass is 35.5. The van der Waals surface area contributed by atoms with Gasteiger partial charge in [-0.15, -0.1) is 0 Å². The summed E-state index contributed by atoms with van der Waals surface area (Å²) in [6.45, 7) is 3.83. The van der Waals surface area contributed by atoms with Crippen LogP contribution < -0.4 is 9.47 Å². The van der Waals surface area contributed by atoms with Gasteiger partial charge in [0.15, 0.2) is 11.5 Å². The molecule has 0 aliphatic carbocycles. The second kappa shape index (κ2) is 6.31. The summed E-state index contributed by atoms with van der Waals surface area (Å²) in [4.78, 5) is 10.8. The van der Waals surface area contributed by atoms with Crippen molar-refractivity contribution >= 4 is 23.6 Å². The predicted octanol–water partition coefficient (Wildman–Crippen LogP) is 3.24. The Morgan fingerprint density at radius 3 is 2.67 bits per heavy atom. The van der Waals surface area contributed by atoms with E-state index in [1.807, 2.05) is 6.92 Å². The highest BCUT2D eigenvalue weighted by Gasteiger charge is 2.11. The van der Waals surface area contributed by atoms with Gasteiger partial charge in [0.2, 0.25) is 0 Å². The van der Waals surface area contributed by atoms with Crippen LogP contribution in [-0.2, 0) is 4.79 Å². The Morgan fingerprint density at radius 2 is 2.17 bits per heavy atom. The van der Waals surface area contributed by atoms with Crippen molar-refractivity contribution in [1.29, 1.82) is 0 Å². The van der Waals surface area contributed by atoms with E-state index in [1.165, 1.54) is 20.1 Å². The number of halogens is 1. The smallest absolute Gasteiger partial charge is 0.331 e. The molecule has 0 aromatic heterocycles. The van der Waals surface area contributed by atoms with Crippen LogP contribution in [0.2, 0.25) is 5.02 Å². The van der Waals surface area contributed by atoms with Gasteiger partial charge in [0.1, 0.15) is 0 Å². The molecular formula is C13H15ClO4. The second-order valence-corrected chi connectivity index (χ2v) is 4.01. The molecule has 1 aromatic rings. The van der Waals surface area contributed by atoms with Crippen molar-refractivity contribution in [3.63, 3.8) is 0 Å². The largest absolute Gasteiger partial charge is 0.493 e. The third-order valence-corrected chi connectivity index (χ3v) is 2.54. The Labute approximate surface area is 111 Å². The molecule has 1 aromatic carbocycles. The van der Waals surface area contributed by atoms with E-state index in [1.54, 1.807) is 12.1 Å². The van der Waals surface area contributed by atoms with E-state index in [0.717, 1.165) is 0 Å². The van der Waals surface area contributed by atoms with Crippen LogP contribution in [0.1, 0.15) is 19.4 Å². The molecule has 0 amide bonds. The number of carbonyl (C=O) groups is 1. The zero-order valence-corrected chi connectivity index (χ0v) is 11.2. The molecule has 0 aliphatic rings. The maximum absolute atomic E-state index is 10.8. The normalized spacial score (nSPS) is 11.2. The van der Waals surface area contributed by atoms with E-state index in [4.69, 9.17) is 26.2 Å². The fraction of sp³-hybridized carbons (Fsp3) is 0.308. The molecular weight excluding hydrogens is 256 g/mol. The monoisotopic (exact) mass is 270 g/mol. The summed E-state index contributed by atoms with van der Waals surface area (Å²) < 4.78 is 10.5. The summed E-state index contributed by atoms with van der Waals surface area (Å²) in [5.41, 5.74) is 0.873. The lowest BCUT2D eigenvalue weighted by Crippen LogP contribution is -1.98. The third-order valence-electron chi connectivity index (χ3n) is 2.26. The average Bonchev–Trinajstić information content (AvgIpc) is 2.32. The molecule has 1 N–H and O–H groups in total. The molecule has 98 valence electrons. The molecule has 0 aliphatic heterocycles. The molecule has 1 rings (SSSR count). The van der Waals surface area contributed by atoms with Gasteiger partial charge >= 0.3 is 5.97 Å². The van der Waals surface area contributed by atoms with E-state index in [-0.39, 0.29) is 5.57 Å². The highest BCUT2D eigenvalue weighted by molar-refractivity contribution is 6.32. The molecule has 0 heterocycles. The second-order valence-electron chi connectivity index (χ2n) is 3.60. The van der Waals surface area contributed by atoms with E-state index in [9.17, 15) is 4.79 Å². The van der Waals surface area contributed by atoms with Gasteiger partial charge in [0.25, 0.3) is 0 Å². The fourth-order valence-corrected chi connectivity index (χ4v) is 1.69. The molecule has 4 nitrogen and oxygen atoms in total. The number of methoxy groups -OCH3 is 1. The first kappa shape index (κ1) is 14.4. The quantitative estimate of drug-likeness (QED) is 0.835. The van der Waals surface area contributed by atoms with Crippen LogP contribution in [-0.4, -0.2) is 24.8 Å². The minimum absolute atomic E-state index is 0.220. The Balaban J connectivity index is 3.22. The van der Waals surface area contributed by atoms with Crippen LogP contribution in [0.5, 0.6) is 11.5 Å². The molecule has 0 saturated heterocycles. The number of hydrogen-bond donors (Lipinski definition) is 1. The zero-order chi connectivity index (χ0) is 13.7. The van der Waals surface area contributed by atoms with Gasteiger partial charge in [0, 0.05) is 5.57 Å². The maximum Gasteiger partial charge on any atom is 0.331 e. The van der Waals surface area contributed by atoms with Crippen LogP contribution >= 0.6 is 11.6 Å². The summed E-state index contributed by atoms with van der Waals surface area (Å²) in [5, 5.41) is 9.21. The van der Waals surface area contributed by atoms with Gasteiger partial charge in [-0.05, 0) is 37.6 Å². The topological polar surface area (TPSA) is 55.8 Å². The number of rotatable bonds is 5. The molecule has 0 atom stereocenters. The molecule has 0 unspecified atom stereocenters. The van der Waals surface area contributed by atoms with Gasteiger partial charge in [0.05, 0.1) is 18.7 Å². The first-order valence-corrected chi connectivity index (χ1v) is 5.79. The molecule has 18 heavy (non-hydrogen) atoms. The Hall–Kier alpha value is -1.68. The van der Waals surface area contributed by atoms with Crippen molar-refractivity contribution in [2.45, 2.75) is 13.8 Å². The van der Waals surface area contributed by atoms with Crippen LogP contribution in [0.25, 0.3) is 6.08 Å². The summed E-state index contributed by atoms with van der Waals surface area (Å²) >= 11 is 6.07. The number of benzene rings is 1. The Morgan fingerprint density at radius 1 is 1.50 bits per heavy atom. The highest BCUT2D eigenvalue weighted by Crippen LogP contribution is 2.36. The number of carboxylic acids is 1. The van der Waals surface area contributed by atoms with Gasteiger partial charge in [-0.1, -0.05) is 11.6 Å². The predicted molar refractivity (Wildman–Crippen MR) is 70.5 cm³/mol. The summed E-state index contributed by atoms with van der Waals surface area (Å²) in [7, 11) is 1.51. The standard InChI is InChI=1S/C13H15ClO4/c1-4-18-12-10(14)6-9(7-11(12)17-3)5-8(2)13(15)16/h5-7H,4H2,1-3H3,(H,15,16). The van der Waals surface area contributed by atoms with Crippen LogP contribution in [0, 0.1) is 0 Å². The lowest BCUT2D eigenvalue weighted by molar-refractivity contribution is -0.132. The van der Waals surface area contributed by atoms with Crippen molar-refractivity contribution in [2.24, 2.45) is 0 Å². The lowest BCUT2D eigenvalue weighted by Gasteiger charge is -2.12. The van der Waals surface area contributed by atoms with Crippen LogP contribution in [0.4, 0.5) is 0 Å². The lowest BCUT2D eigenvalue weighted by atomic mass is 10.1. The van der Waals surface area contributed by atoms with E-state index >= 15 is 0 Å². The SMILES string of the molecule is CCOc1c(Cl)cc(C=C(C)C(=O)O)cc1OC. The fourth-order valence-electron chi connectivity index (χ4n) is 1.42. The molecule has 0 saturated carbocycles. The van der Waals surface area contributed by atoms with Crippen molar-refractivity contribution < 1.29 is 19.4 Å². The van der Waals surface area contributed by atoms with Crippen molar-refractivity contribution in [3.05, 3.63) is 28.3 Å². The van der Waals surface area contributed by atoms with Crippen molar-refractivity contribution in [1.82, 2.24) is 0 Å². The van der Waals surface area contributed by atoms with E-state index in [0.29, 0.717) is 28.7 Å². The number of hydrogen-bond acceptors (Lipinski definition) is 3. The summed E-state index contributed by atoms with van der Waals surface area (Å²) in [6, 6.07) is 3.32. The number of carboxylic acid groups (broad SMARTS) is 1. The van der Waals surface area contributed by atoms with Gasteiger partial charge < -0.3 is 14.6 Å². The number of ether oxygens (including phenoxy) is 2. The first-order valence-electron chi connectivity index (χ1n) is 5.41. The zero-order valence-electron chi connectivity index (χ0n) is 10.5. The van der Waals surface area contributed by atoms with Crippen molar-refractivity contribution in [2.75, 3.05) is 13.7 Å². The third kappa shape index (κ3) is 3.40. The molecule has 0 bridgehead atoms. The van der Waals surface area contributed by atoms with Crippen molar-refractivity contribution in [3.8, 4) is 11.5 Å². The molecule has 5 heteroatoms. The van der Waals surface area contributed by atoms with Crippen LogP contribution in [0.3, 0.4) is 0 Å². The summed E-state index contributed by atoms with van der Waals surface area (Å²) in [5.74, 6) is -0.0282. The number of aliphatic carboxylic acids is 1. The minimum Gasteiger partial charge on any atom is -0.493 e. The van der Waals surface area contributed by atoms with Gasteiger partial charge in [-0.25, -0.2) is 4.79 Å². The molecule has 0 fully saturated rings. The molecule has 0 radical (unpaired) electrons.